The van der Waals surface area contributed by atoms with Crippen molar-refractivity contribution in [3.05, 3.63) is 18.2 Å². The average Bonchev–Trinajstić information content (AvgIpc) is 2.38. The Morgan fingerprint density at radius 2 is 1.84 bits per heavy atom. The summed E-state index contributed by atoms with van der Waals surface area (Å²) in [7, 11) is 3.00. The molecule has 0 fully saturated rings. The van der Waals surface area contributed by atoms with Gasteiger partial charge in [-0.25, -0.2) is 4.79 Å². The fourth-order valence-electron chi connectivity index (χ4n) is 1.34. The summed E-state index contributed by atoms with van der Waals surface area (Å²) in [6.45, 7) is -0.847. The molecule has 0 aromatic heterocycles. The number of carbonyl (C=O) groups is 2. The van der Waals surface area contributed by atoms with Crippen molar-refractivity contribution in [1.82, 2.24) is 0 Å². The molecular weight excluding hydrogens is 254 g/mol. The highest BCUT2D eigenvalue weighted by molar-refractivity contribution is 5.92. The van der Waals surface area contributed by atoms with Crippen molar-refractivity contribution in [3.63, 3.8) is 0 Å². The zero-order valence-electron chi connectivity index (χ0n) is 10.6. The first-order valence-electron chi connectivity index (χ1n) is 5.38. The molecule has 1 amide bonds. The van der Waals surface area contributed by atoms with Crippen molar-refractivity contribution in [2.45, 2.75) is 0 Å². The van der Waals surface area contributed by atoms with Crippen LogP contribution in [0.2, 0.25) is 0 Å². The molecule has 2 N–H and O–H groups in total. The predicted octanol–water partition coefficient (Wildman–Crippen LogP) is 0.743. The van der Waals surface area contributed by atoms with E-state index in [0.717, 1.165) is 0 Å². The third-order valence-corrected chi connectivity index (χ3v) is 2.13. The van der Waals surface area contributed by atoms with Crippen molar-refractivity contribution < 1.29 is 28.9 Å². The second kappa shape index (κ2) is 7.22. The minimum atomic E-state index is -1.13. The van der Waals surface area contributed by atoms with Gasteiger partial charge in [-0.2, -0.15) is 0 Å². The molecule has 0 bridgehead atoms. The van der Waals surface area contributed by atoms with Crippen LogP contribution in [0.3, 0.4) is 0 Å². The van der Waals surface area contributed by atoms with Crippen LogP contribution in [0.1, 0.15) is 0 Å². The standard InChI is InChI=1S/C12H15NO6/c1-17-9-4-3-8(5-10(9)18-2)13-11(14)6-19-7-12(15)16/h3-5H,6-7H2,1-2H3,(H,13,14)(H,15,16). The van der Waals surface area contributed by atoms with Crippen LogP contribution in [0.25, 0.3) is 0 Å². The van der Waals surface area contributed by atoms with Crippen LogP contribution in [0.15, 0.2) is 18.2 Å². The van der Waals surface area contributed by atoms with E-state index in [1.807, 2.05) is 0 Å². The van der Waals surface area contributed by atoms with E-state index in [2.05, 4.69) is 10.1 Å². The Balaban J connectivity index is 2.57. The highest BCUT2D eigenvalue weighted by Crippen LogP contribution is 2.29. The fraction of sp³-hybridized carbons (Fsp3) is 0.333. The second-order valence-corrected chi connectivity index (χ2v) is 3.50. The number of carboxylic acid groups (broad SMARTS) is 1. The number of anilines is 1. The zero-order valence-corrected chi connectivity index (χ0v) is 10.6. The lowest BCUT2D eigenvalue weighted by atomic mass is 10.2. The van der Waals surface area contributed by atoms with Crippen LogP contribution in [-0.4, -0.2) is 44.4 Å². The van der Waals surface area contributed by atoms with Gasteiger partial charge in [0.2, 0.25) is 5.91 Å². The van der Waals surface area contributed by atoms with Gasteiger partial charge in [0.05, 0.1) is 14.2 Å². The summed E-state index contributed by atoms with van der Waals surface area (Å²) in [6, 6.07) is 4.87. The van der Waals surface area contributed by atoms with Gasteiger partial charge < -0.3 is 24.6 Å². The molecule has 7 nitrogen and oxygen atoms in total. The molecule has 104 valence electrons. The number of methoxy groups -OCH3 is 2. The van der Waals surface area contributed by atoms with Crippen molar-refractivity contribution in [2.75, 3.05) is 32.8 Å². The summed E-state index contributed by atoms with van der Waals surface area (Å²) in [5.41, 5.74) is 0.501. The Bertz CT molecular complexity index is 460. The van der Waals surface area contributed by atoms with Gasteiger partial charge in [-0.15, -0.1) is 0 Å². The van der Waals surface area contributed by atoms with Crippen LogP contribution in [-0.2, 0) is 14.3 Å². The van der Waals surface area contributed by atoms with Gasteiger partial charge in [0.25, 0.3) is 0 Å². The lowest BCUT2D eigenvalue weighted by molar-refractivity contribution is -0.143. The molecule has 1 aromatic rings. The molecule has 7 heteroatoms. The molecule has 0 aliphatic carbocycles. The van der Waals surface area contributed by atoms with Crippen molar-refractivity contribution in [1.29, 1.82) is 0 Å². The van der Waals surface area contributed by atoms with Gasteiger partial charge in [0.15, 0.2) is 11.5 Å². The smallest absolute Gasteiger partial charge is 0.329 e. The van der Waals surface area contributed by atoms with Gasteiger partial charge in [0.1, 0.15) is 13.2 Å². The van der Waals surface area contributed by atoms with E-state index in [1.165, 1.54) is 14.2 Å². The normalized spacial score (nSPS) is 9.79. The van der Waals surface area contributed by atoms with E-state index in [9.17, 15) is 9.59 Å². The number of amides is 1. The fourth-order valence-corrected chi connectivity index (χ4v) is 1.34. The maximum absolute atomic E-state index is 11.4. The molecule has 0 saturated heterocycles. The molecule has 0 saturated carbocycles. The van der Waals surface area contributed by atoms with Crippen LogP contribution in [0.4, 0.5) is 5.69 Å². The highest BCUT2D eigenvalue weighted by Gasteiger charge is 2.08. The number of carbonyl (C=O) groups excluding carboxylic acids is 1. The van der Waals surface area contributed by atoms with E-state index in [4.69, 9.17) is 14.6 Å². The Morgan fingerprint density at radius 3 is 2.42 bits per heavy atom. The number of rotatable bonds is 7. The molecular formula is C12H15NO6. The minimum Gasteiger partial charge on any atom is -0.493 e. The number of ether oxygens (including phenoxy) is 3. The molecule has 1 rings (SSSR count). The first-order valence-corrected chi connectivity index (χ1v) is 5.38. The number of nitrogens with one attached hydrogen (secondary N) is 1. The zero-order chi connectivity index (χ0) is 14.3. The largest absolute Gasteiger partial charge is 0.493 e. The van der Waals surface area contributed by atoms with E-state index in [-0.39, 0.29) is 6.61 Å². The molecule has 1 aromatic carbocycles. The third kappa shape index (κ3) is 4.84. The summed E-state index contributed by atoms with van der Waals surface area (Å²) in [4.78, 5) is 21.7. The first-order chi connectivity index (χ1) is 9.06. The van der Waals surface area contributed by atoms with E-state index in [0.29, 0.717) is 17.2 Å². The van der Waals surface area contributed by atoms with Crippen LogP contribution in [0.5, 0.6) is 11.5 Å². The van der Waals surface area contributed by atoms with Crippen LogP contribution < -0.4 is 14.8 Å². The third-order valence-electron chi connectivity index (χ3n) is 2.13. The number of aliphatic carboxylic acids is 1. The molecule has 0 aliphatic rings. The number of hydrogen-bond acceptors (Lipinski definition) is 5. The number of benzene rings is 1. The molecule has 0 atom stereocenters. The molecule has 0 spiro atoms. The molecule has 0 aliphatic heterocycles. The van der Waals surface area contributed by atoms with Gasteiger partial charge in [-0.3, -0.25) is 4.79 Å². The SMILES string of the molecule is COc1ccc(NC(=O)COCC(=O)O)cc1OC. The molecule has 0 radical (unpaired) electrons. The van der Waals surface area contributed by atoms with Crippen molar-refractivity contribution in [3.8, 4) is 11.5 Å². The van der Waals surface area contributed by atoms with Crippen molar-refractivity contribution >= 4 is 17.6 Å². The van der Waals surface area contributed by atoms with E-state index < -0.39 is 18.5 Å². The molecule has 0 heterocycles. The summed E-state index contributed by atoms with van der Waals surface area (Å²) in [5, 5.41) is 10.9. The Morgan fingerprint density at radius 1 is 1.16 bits per heavy atom. The first kappa shape index (κ1) is 14.8. The Hall–Kier alpha value is -2.28. The lowest BCUT2D eigenvalue weighted by Gasteiger charge is -2.10. The van der Waals surface area contributed by atoms with E-state index >= 15 is 0 Å². The number of hydrogen-bond donors (Lipinski definition) is 2. The Labute approximate surface area is 110 Å². The monoisotopic (exact) mass is 269 g/mol. The summed E-state index contributed by atoms with van der Waals surface area (Å²) >= 11 is 0. The maximum Gasteiger partial charge on any atom is 0.329 e. The highest BCUT2D eigenvalue weighted by atomic mass is 16.5. The van der Waals surface area contributed by atoms with Crippen LogP contribution in [0, 0.1) is 0 Å². The maximum atomic E-state index is 11.4. The summed E-state index contributed by atoms with van der Waals surface area (Å²) in [5.74, 6) is -0.554. The topological polar surface area (TPSA) is 94.1 Å². The predicted molar refractivity (Wildman–Crippen MR) is 66.6 cm³/mol. The molecule has 0 unspecified atom stereocenters. The minimum absolute atomic E-state index is 0.333. The van der Waals surface area contributed by atoms with Gasteiger partial charge >= 0.3 is 5.97 Å². The van der Waals surface area contributed by atoms with Crippen molar-refractivity contribution in [2.24, 2.45) is 0 Å². The summed E-state index contributed by atoms with van der Waals surface area (Å²) < 4.78 is 14.8. The quantitative estimate of drug-likeness (QED) is 0.758. The number of carboxylic acids is 1. The summed E-state index contributed by atoms with van der Waals surface area (Å²) in [6.07, 6.45) is 0. The van der Waals surface area contributed by atoms with Gasteiger partial charge in [-0.1, -0.05) is 0 Å². The van der Waals surface area contributed by atoms with E-state index in [1.54, 1.807) is 18.2 Å². The average molecular weight is 269 g/mol. The Kier molecular flexibility index (Phi) is 5.62. The second-order valence-electron chi connectivity index (χ2n) is 3.50. The van der Waals surface area contributed by atoms with Gasteiger partial charge in [0, 0.05) is 11.8 Å². The van der Waals surface area contributed by atoms with Gasteiger partial charge in [-0.05, 0) is 12.1 Å². The molecule has 19 heavy (non-hydrogen) atoms. The van der Waals surface area contributed by atoms with Crippen LogP contribution >= 0.6 is 0 Å². The lowest BCUT2D eigenvalue weighted by Crippen LogP contribution is -2.20.